The van der Waals surface area contributed by atoms with Gasteiger partial charge in [0.1, 0.15) is 0 Å². The predicted octanol–water partition coefficient (Wildman–Crippen LogP) is 2.08. The molecule has 27 heavy (non-hydrogen) atoms. The third-order valence-corrected chi connectivity index (χ3v) is 6.52. The van der Waals surface area contributed by atoms with Crippen molar-refractivity contribution in [2.45, 2.75) is 25.3 Å². The maximum atomic E-state index is 12.6. The molecule has 3 heterocycles. The van der Waals surface area contributed by atoms with Crippen molar-refractivity contribution in [1.29, 1.82) is 0 Å². The topological polar surface area (TPSA) is 74.8 Å². The Balaban J connectivity index is 1.28. The highest BCUT2D eigenvalue weighted by Gasteiger charge is 2.41. The van der Waals surface area contributed by atoms with Gasteiger partial charge in [-0.1, -0.05) is 11.3 Å². The zero-order chi connectivity index (χ0) is 18.4. The minimum atomic E-state index is -0.251. The van der Waals surface area contributed by atoms with Gasteiger partial charge in [-0.2, -0.15) is 0 Å². The van der Waals surface area contributed by atoms with E-state index in [-0.39, 0.29) is 17.7 Å². The molecule has 2 saturated heterocycles. The van der Waals surface area contributed by atoms with Crippen LogP contribution in [0.15, 0.2) is 18.2 Å². The van der Waals surface area contributed by atoms with E-state index in [1.807, 2.05) is 23.1 Å². The number of anilines is 2. The molecular formula is C19H22N4O3S. The summed E-state index contributed by atoms with van der Waals surface area (Å²) in [5.74, 6) is -0.200. The first kappa shape index (κ1) is 16.9. The standard InChI is InChI=1S/C19H22N4O3S/c24-17-9-12(11-23(17)14-2-3-14)18(25)20-13-1-4-15-16(10-13)27-19(21-15)22-5-7-26-8-6-22/h1,4,10,12,14H,2-3,5-9,11H2,(H,20,25). The number of nitrogens with one attached hydrogen (secondary N) is 1. The molecule has 1 aromatic carbocycles. The van der Waals surface area contributed by atoms with Crippen molar-refractivity contribution in [3.8, 4) is 0 Å². The molecule has 1 aliphatic carbocycles. The molecule has 2 amide bonds. The molecule has 8 heteroatoms. The number of benzene rings is 1. The van der Waals surface area contributed by atoms with E-state index in [0.717, 1.165) is 60.2 Å². The van der Waals surface area contributed by atoms with Crippen molar-refractivity contribution >= 4 is 44.2 Å². The maximum absolute atomic E-state index is 12.6. The monoisotopic (exact) mass is 386 g/mol. The number of rotatable bonds is 4. The highest BCUT2D eigenvalue weighted by Crippen LogP contribution is 2.34. The van der Waals surface area contributed by atoms with Crippen molar-refractivity contribution in [3.63, 3.8) is 0 Å². The van der Waals surface area contributed by atoms with E-state index in [1.165, 1.54) is 0 Å². The van der Waals surface area contributed by atoms with E-state index in [1.54, 1.807) is 11.3 Å². The summed E-state index contributed by atoms with van der Waals surface area (Å²) in [6.45, 7) is 3.73. The van der Waals surface area contributed by atoms with Gasteiger partial charge in [0.2, 0.25) is 11.8 Å². The van der Waals surface area contributed by atoms with Gasteiger partial charge in [-0.05, 0) is 31.0 Å². The van der Waals surface area contributed by atoms with Crippen LogP contribution in [0.3, 0.4) is 0 Å². The predicted molar refractivity (Wildman–Crippen MR) is 104 cm³/mol. The summed E-state index contributed by atoms with van der Waals surface area (Å²) in [5.41, 5.74) is 1.71. The SMILES string of the molecule is O=C(Nc1ccc2nc(N3CCOCC3)sc2c1)C1CC(=O)N(C2CC2)C1. The number of likely N-dealkylation sites (tertiary alicyclic amines) is 1. The molecule has 2 aromatic rings. The molecule has 7 nitrogen and oxygen atoms in total. The van der Waals surface area contributed by atoms with Crippen molar-refractivity contribution in [3.05, 3.63) is 18.2 Å². The maximum Gasteiger partial charge on any atom is 0.229 e. The third-order valence-electron chi connectivity index (χ3n) is 5.44. The van der Waals surface area contributed by atoms with Crippen molar-refractivity contribution in [2.24, 2.45) is 5.92 Å². The number of thiazole rings is 1. The first-order chi connectivity index (χ1) is 13.2. The number of hydrogen-bond donors (Lipinski definition) is 1. The Bertz CT molecular complexity index is 888. The molecular weight excluding hydrogens is 364 g/mol. The molecule has 3 fully saturated rings. The summed E-state index contributed by atoms with van der Waals surface area (Å²) < 4.78 is 6.45. The number of carbonyl (C=O) groups excluding carboxylic acids is 2. The minimum Gasteiger partial charge on any atom is -0.378 e. The largest absolute Gasteiger partial charge is 0.378 e. The summed E-state index contributed by atoms with van der Waals surface area (Å²) in [4.78, 5) is 33.5. The van der Waals surface area contributed by atoms with Crippen LogP contribution in [0, 0.1) is 5.92 Å². The van der Waals surface area contributed by atoms with Crippen molar-refractivity contribution in [2.75, 3.05) is 43.1 Å². The van der Waals surface area contributed by atoms with Crippen LogP contribution in [-0.2, 0) is 14.3 Å². The Morgan fingerprint density at radius 3 is 2.85 bits per heavy atom. The summed E-state index contributed by atoms with van der Waals surface area (Å²) >= 11 is 1.64. The second kappa shape index (κ2) is 6.76. The minimum absolute atomic E-state index is 0.0660. The van der Waals surface area contributed by atoms with Crippen LogP contribution in [0.4, 0.5) is 10.8 Å². The van der Waals surface area contributed by atoms with Gasteiger partial charge in [0, 0.05) is 37.8 Å². The average Bonchev–Trinajstić information content (AvgIpc) is 3.31. The molecule has 142 valence electrons. The van der Waals surface area contributed by atoms with Gasteiger partial charge >= 0.3 is 0 Å². The summed E-state index contributed by atoms with van der Waals surface area (Å²) in [6.07, 6.45) is 2.48. The van der Waals surface area contributed by atoms with E-state index < -0.39 is 0 Å². The van der Waals surface area contributed by atoms with Crippen molar-refractivity contribution < 1.29 is 14.3 Å². The van der Waals surface area contributed by atoms with Crippen LogP contribution in [0.2, 0.25) is 0 Å². The summed E-state index contributed by atoms with van der Waals surface area (Å²) in [5, 5.41) is 3.99. The number of ether oxygens (including phenoxy) is 1. The van der Waals surface area contributed by atoms with Crippen molar-refractivity contribution in [1.82, 2.24) is 9.88 Å². The second-order valence-electron chi connectivity index (χ2n) is 7.45. The van der Waals surface area contributed by atoms with E-state index in [2.05, 4.69) is 10.2 Å². The third kappa shape index (κ3) is 3.39. The van der Waals surface area contributed by atoms with Gasteiger partial charge in [-0.25, -0.2) is 4.98 Å². The zero-order valence-corrected chi connectivity index (χ0v) is 15.8. The number of carbonyl (C=O) groups is 2. The molecule has 3 aliphatic rings. The fourth-order valence-electron chi connectivity index (χ4n) is 3.77. The molecule has 0 radical (unpaired) electrons. The first-order valence-electron chi connectivity index (χ1n) is 9.51. The van der Waals surface area contributed by atoms with E-state index in [0.29, 0.717) is 19.0 Å². The van der Waals surface area contributed by atoms with Crippen LogP contribution in [0.1, 0.15) is 19.3 Å². The summed E-state index contributed by atoms with van der Waals surface area (Å²) in [7, 11) is 0. The molecule has 1 atom stereocenters. The van der Waals surface area contributed by atoms with Crippen LogP contribution >= 0.6 is 11.3 Å². The van der Waals surface area contributed by atoms with Gasteiger partial charge in [0.25, 0.3) is 0 Å². The highest BCUT2D eigenvalue weighted by atomic mass is 32.1. The van der Waals surface area contributed by atoms with E-state index >= 15 is 0 Å². The number of hydrogen-bond acceptors (Lipinski definition) is 6. The first-order valence-corrected chi connectivity index (χ1v) is 10.3. The van der Waals surface area contributed by atoms with Crippen LogP contribution in [-0.4, -0.2) is 60.6 Å². The number of aromatic nitrogens is 1. The van der Waals surface area contributed by atoms with Gasteiger partial charge in [0.15, 0.2) is 5.13 Å². The van der Waals surface area contributed by atoms with Crippen LogP contribution < -0.4 is 10.2 Å². The lowest BCUT2D eigenvalue weighted by molar-refractivity contribution is -0.128. The van der Waals surface area contributed by atoms with Gasteiger partial charge in [-0.3, -0.25) is 9.59 Å². The lowest BCUT2D eigenvalue weighted by Crippen LogP contribution is -2.36. The highest BCUT2D eigenvalue weighted by molar-refractivity contribution is 7.22. The number of amides is 2. The Morgan fingerprint density at radius 1 is 1.26 bits per heavy atom. The molecule has 0 spiro atoms. The molecule has 0 bridgehead atoms. The molecule has 5 rings (SSSR count). The number of morpholine rings is 1. The lowest BCUT2D eigenvalue weighted by Gasteiger charge is -2.25. The second-order valence-corrected chi connectivity index (χ2v) is 8.46. The Labute approximate surface area is 161 Å². The van der Waals surface area contributed by atoms with Gasteiger partial charge < -0.3 is 19.9 Å². The Kier molecular flexibility index (Phi) is 4.24. The van der Waals surface area contributed by atoms with Gasteiger partial charge in [0.05, 0.1) is 29.3 Å². The number of nitrogens with zero attached hydrogens (tertiary/aromatic N) is 3. The number of fused-ring (bicyclic) bond motifs is 1. The van der Waals surface area contributed by atoms with E-state index in [9.17, 15) is 9.59 Å². The molecule has 1 N–H and O–H groups in total. The molecule has 1 unspecified atom stereocenters. The Hall–Kier alpha value is -2.19. The fourth-order valence-corrected chi connectivity index (χ4v) is 4.83. The molecule has 2 aliphatic heterocycles. The van der Waals surface area contributed by atoms with E-state index in [4.69, 9.17) is 9.72 Å². The normalized spacial score (nSPS) is 23.3. The molecule has 1 aromatic heterocycles. The van der Waals surface area contributed by atoms with Gasteiger partial charge in [-0.15, -0.1) is 0 Å². The molecule has 1 saturated carbocycles. The summed E-state index contributed by atoms with van der Waals surface area (Å²) in [6, 6.07) is 6.19. The quantitative estimate of drug-likeness (QED) is 0.871. The smallest absolute Gasteiger partial charge is 0.229 e. The average molecular weight is 386 g/mol. The lowest BCUT2D eigenvalue weighted by atomic mass is 10.1. The van der Waals surface area contributed by atoms with Crippen LogP contribution in [0.5, 0.6) is 0 Å². The fraction of sp³-hybridized carbons (Fsp3) is 0.526. The Morgan fingerprint density at radius 2 is 2.07 bits per heavy atom. The zero-order valence-electron chi connectivity index (χ0n) is 15.0. The van der Waals surface area contributed by atoms with Crippen LogP contribution in [0.25, 0.3) is 10.2 Å².